The van der Waals surface area contributed by atoms with Crippen LogP contribution in [0.5, 0.6) is 0 Å². The third kappa shape index (κ3) is 3.08. The van der Waals surface area contributed by atoms with E-state index in [9.17, 15) is 14.4 Å². The van der Waals surface area contributed by atoms with Crippen molar-refractivity contribution in [2.24, 2.45) is 0 Å². The van der Waals surface area contributed by atoms with Crippen LogP contribution in [0.15, 0.2) is 24.3 Å². The van der Waals surface area contributed by atoms with Crippen LogP contribution in [0, 0.1) is 0 Å². The van der Waals surface area contributed by atoms with Crippen LogP contribution in [-0.2, 0) is 16.1 Å². The zero-order valence-electron chi connectivity index (χ0n) is 15.0. The quantitative estimate of drug-likeness (QED) is 0.825. The van der Waals surface area contributed by atoms with Gasteiger partial charge in [0, 0.05) is 44.7 Å². The number of carbonyl (C=O) groups excluding carboxylic acids is 3. The van der Waals surface area contributed by atoms with Crippen LogP contribution in [0.25, 0.3) is 0 Å². The van der Waals surface area contributed by atoms with Gasteiger partial charge in [-0.05, 0) is 37.3 Å². The molecule has 0 saturated carbocycles. The van der Waals surface area contributed by atoms with Crippen LogP contribution in [0.1, 0.15) is 48.0 Å². The minimum atomic E-state index is -0.299. The minimum Gasteiger partial charge on any atom is -0.341 e. The van der Waals surface area contributed by atoms with E-state index in [1.807, 2.05) is 29.2 Å². The standard InChI is InChI=1S/C20H25N3O3/c24-18(9-13-22-14-15-6-1-2-7-16(15)19(22)25)23-12-5-8-17(23)20(26)21-10-3-4-11-21/h1-2,6-7,17H,3-5,8-14H2/t17-/m0/s1. The number of hydrogen-bond donors (Lipinski definition) is 0. The summed E-state index contributed by atoms with van der Waals surface area (Å²) in [4.78, 5) is 43.2. The molecule has 1 atom stereocenters. The first-order valence-electron chi connectivity index (χ1n) is 9.60. The molecule has 6 nitrogen and oxygen atoms in total. The van der Waals surface area contributed by atoms with Gasteiger partial charge in [0.25, 0.3) is 5.91 Å². The van der Waals surface area contributed by atoms with Gasteiger partial charge in [0.15, 0.2) is 0 Å². The van der Waals surface area contributed by atoms with Gasteiger partial charge >= 0.3 is 0 Å². The van der Waals surface area contributed by atoms with Gasteiger partial charge < -0.3 is 14.7 Å². The Labute approximate surface area is 153 Å². The molecule has 0 unspecified atom stereocenters. The van der Waals surface area contributed by atoms with E-state index in [1.165, 1.54) is 0 Å². The molecule has 0 bridgehead atoms. The lowest BCUT2D eigenvalue weighted by atomic mass is 10.1. The SMILES string of the molecule is O=C1c2ccccc2CN1CCC(=O)N1CCC[C@H]1C(=O)N1CCCC1. The van der Waals surface area contributed by atoms with Crippen molar-refractivity contribution < 1.29 is 14.4 Å². The maximum absolute atomic E-state index is 12.7. The number of nitrogens with zero attached hydrogens (tertiary/aromatic N) is 3. The normalized spacial score (nSPS) is 22.2. The fraction of sp³-hybridized carbons (Fsp3) is 0.550. The number of hydrogen-bond acceptors (Lipinski definition) is 3. The molecule has 0 aliphatic carbocycles. The minimum absolute atomic E-state index is 0.000449. The van der Waals surface area contributed by atoms with Gasteiger partial charge in [0.05, 0.1) is 0 Å². The molecule has 2 saturated heterocycles. The van der Waals surface area contributed by atoms with Gasteiger partial charge in [-0.15, -0.1) is 0 Å². The lowest BCUT2D eigenvalue weighted by Gasteiger charge is -2.28. The van der Waals surface area contributed by atoms with E-state index in [2.05, 4.69) is 0 Å². The van der Waals surface area contributed by atoms with E-state index in [-0.39, 0.29) is 30.2 Å². The van der Waals surface area contributed by atoms with Gasteiger partial charge in [-0.2, -0.15) is 0 Å². The molecular formula is C20H25N3O3. The molecule has 0 N–H and O–H groups in total. The Morgan fingerprint density at radius 1 is 1.04 bits per heavy atom. The molecule has 4 rings (SSSR count). The summed E-state index contributed by atoms with van der Waals surface area (Å²) in [5.74, 6) is 0.0984. The van der Waals surface area contributed by atoms with Crippen molar-refractivity contribution in [3.63, 3.8) is 0 Å². The van der Waals surface area contributed by atoms with Gasteiger partial charge in [-0.25, -0.2) is 0 Å². The topological polar surface area (TPSA) is 60.9 Å². The summed E-state index contributed by atoms with van der Waals surface area (Å²) in [6, 6.07) is 7.29. The highest BCUT2D eigenvalue weighted by atomic mass is 16.2. The monoisotopic (exact) mass is 355 g/mol. The van der Waals surface area contributed by atoms with Gasteiger partial charge in [-0.3, -0.25) is 14.4 Å². The Morgan fingerprint density at radius 3 is 2.58 bits per heavy atom. The second-order valence-corrected chi connectivity index (χ2v) is 7.41. The predicted molar refractivity (Wildman–Crippen MR) is 96.3 cm³/mol. The molecule has 1 aromatic carbocycles. The fourth-order valence-electron chi connectivity index (χ4n) is 4.34. The summed E-state index contributed by atoms with van der Waals surface area (Å²) in [5.41, 5.74) is 1.76. The Balaban J connectivity index is 1.35. The number of amides is 3. The highest BCUT2D eigenvalue weighted by Crippen LogP contribution is 2.25. The number of likely N-dealkylation sites (tertiary alicyclic amines) is 2. The van der Waals surface area contributed by atoms with E-state index in [0.29, 0.717) is 19.6 Å². The summed E-state index contributed by atoms with van der Waals surface area (Å²) in [6.45, 7) is 3.26. The molecule has 138 valence electrons. The Morgan fingerprint density at radius 2 is 1.81 bits per heavy atom. The Kier molecular flexibility index (Phi) is 4.66. The van der Waals surface area contributed by atoms with Crippen LogP contribution < -0.4 is 0 Å². The van der Waals surface area contributed by atoms with Crippen LogP contribution in [-0.4, -0.2) is 64.6 Å². The molecule has 0 aromatic heterocycles. The third-order valence-electron chi connectivity index (χ3n) is 5.77. The zero-order valence-corrected chi connectivity index (χ0v) is 15.0. The summed E-state index contributed by atoms with van der Waals surface area (Å²) < 4.78 is 0. The van der Waals surface area contributed by atoms with E-state index in [0.717, 1.165) is 49.9 Å². The number of carbonyl (C=O) groups is 3. The fourth-order valence-corrected chi connectivity index (χ4v) is 4.34. The summed E-state index contributed by atoms with van der Waals surface area (Å²) >= 11 is 0. The third-order valence-corrected chi connectivity index (χ3v) is 5.77. The van der Waals surface area contributed by atoms with Crippen LogP contribution in [0.4, 0.5) is 0 Å². The van der Waals surface area contributed by atoms with E-state index < -0.39 is 0 Å². The first-order valence-corrected chi connectivity index (χ1v) is 9.60. The largest absolute Gasteiger partial charge is 0.341 e. The highest BCUT2D eigenvalue weighted by Gasteiger charge is 2.37. The molecule has 6 heteroatoms. The van der Waals surface area contributed by atoms with E-state index >= 15 is 0 Å². The first kappa shape index (κ1) is 17.1. The van der Waals surface area contributed by atoms with Crippen molar-refractivity contribution in [3.8, 4) is 0 Å². The Bertz CT molecular complexity index is 727. The molecule has 0 spiro atoms. The molecule has 0 radical (unpaired) electrons. The van der Waals surface area contributed by atoms with E-state index in [1.54, 1.807) is 9.80 Å². The average Bonchev–Trinajstić information content (AvgIpc) is 3.40. The predicted octanol–water partition coefficient (Wildman–Crippen LogP) is 1.65. The van der Waals surface area contributed by atoms with Crippen LogP contribution >= 0.6 is 0 Å². The second kappa shape index (κ2) is 7.09. The van der Waals surface area contributed by atoms with Crippen molar-refractivity contribution in [2.75, 3.05) is 26.2 Å². The van der Waals surface area contributed by atoms with Crippen LogP contribution in [0.3, 0.4) is 0 Å². The lowest BCUT2D eigenvalue weighted by molar-refractivity contribution is -0.143. The maximum atomic E-state index is 12.7. The van der Waals surface area contributed by atoms with Crippen LogP contribution in [0.2, 0.25) is 0 Å². The van der Waals surface area contributed by atoms with E-state index in [4.69, 9.17) is 0 Å². The van der Waals surface area contributed by atoms with Crippen molar-refractivity contribution in [1.82, 2.24) is 14.7 Å². The van der Waals surface area contributed by atoms with Crippen molar-refractivity contribution in [1.29, 1.82) is 0 Å². The number of benzene rings is 1. The van der Waals surface area contributed by atoms with Crippen molar-refractivity contribution >= 4 is 17.7 Å². The van der Waals surface area contributed by atoms with Crippen molar-refractivity contribution in [2.45, 2.75) is 44.7 Å². The summed E-state index contributed by atoms with van der Waals surface area (Å²) in [7, 11) is 0. The summed E-state index contributed by atoms with van der Waals surface area (Å²) in [5, 5.41) is 0. The summed E-state index contributed by atoms with van der Waals surface area (Å²) in [6.07, 6.45) is 4.04. The molecule has 3 aliphatic rings. The van der Waals surface area contributed by atoms with Gasteiger partial charge in [0.1, 0.15) is 6.04 Å². The lowest BCUT2D eigenvalue weighted by Crippen LogP contribution is -2.47. The first-order chi connectivity index (χ1) is 12.6. The van der Waals surface area contributed by atoms with Gasteiger partial charge in [-0.1, -0.05) is 18.2 Å². The number of fused-ring (bicyclic) bond motifs is 1. The molecule has 3 aliphatic heterocycles. The van der Waals surface area contributed by atoms with Gasteiger partial charge in [0.2, 0.25) is 11.8 Å². The smallest absolute Gasteiger partial charge is 0.254 e. The molecule has 2 fully saturated rings. The molecular weight excluding hydrogens is 330 g/mol. The highest BCUT2D eigenvalue weighted by molar-refractivity contribution is 5.98. The molecule has 3 heterocycles. The molecule has 3 amide bonds. The molecule has 1 aromatic rings. The molecule has 26 heavy (non-hydrogen) atoms. The number of rotatable bonds is 4. The van der Waals surface area contributed by atoms with Crippen molar-refractivity contribution in [3.05, 3.63) is 35.4 Å². The average molecular weight is 355 g/mol. The zero-order chi connectivity index (χ0) is 18.1. The second-order valence-electron chi connectivity index (χ2n) is 7.41. The Hall–Kier alpha value is -2.37. The maximum Gasteiger partial charge on any atom is 0.254 e.